The van der Waals surface area contributed by atoms with Crippen LogP contribution in [0.25, 0.3) is 0 Å². The van der Waals surface area contributed by atoms with E-state index in [0.717, 1.165) is 120 Å². The van der Waals surface area contributed by atoms with Crippen molar-refractivity contribution in [2.24, 2.45) is 116 Å². The summed E-state index contributed by atoms with van der Waals surface area (Å²) >= 11 is 0. The Morgan fingerprint density at radius 1 is 0.411 bits per heavy atom. The zero-order valence-electron chi connectivity index (χ0n) is 61.9. The lowest BCUT2D eigenvalue weighted by Gasteiger charge is -2.60. The molecule has 3 saturated heterocycles. The number of esters is 6. The second-order valence-electron chi connectivity index (χ2n) is 37.9. The molecule has 16 aliphatic carbocycles. The zero-order chi connectivity index (χ0) is 69.1. The highest BCUT2D eigenvalue weighted by atomic mass is 16.7. The lowest BCUT2D eigenvalue weighted by molar-refractivity contribution is -0.218. The zero-order valence-corrected chi connectivity index (χ0v) is 61.9. The number of aliphatic hydroxyl groups is 2. The van der Waals surface area contributed by atoms with Crippen LogP contribution < -0.4 is 0 Å². The topological polar surface area (TPSA) is 207 Å². The Labute approximate surface area is 571 Å². The molecule has 0 aromatic carbocycles. The summed E-state index contributed by atoms with van der Waals surface area (Å²) in [5.74, 6) is 8.49. The maximum Gasteiger partial charge on any atom is 0.312 e. The molecular weight excluding hydrogens is 1200 g/mol. The van der Waals surface area contributed by atoms with Crippen LogP contribution in [0.3, 0.4) is 0 Å². The Morgan fingerprint density at radius 3 is 1.07 bits per heavy atom. The molecular formula is C80H128O15. The molecule has 0 amide bonds. The second kappa shape index (κ2) is 26.6. The molecule has 0 spiro atoms. The Bertz CT molecular complexity index is 2660. The largest absolute Gasteiger partial charge is 0.461 e. The summed E-state index contributed by atoms with van der Waals surface area (Å²) in [6.45, 7) is 34.2. The van der Waals surface area contributed by atoms with Gasteiger partial charge >= 0.3 is 35.8 Å². The second-order valence-corrected chi connectivity index (χ2v) is 37.9. The molecule has 9 atom stereocenters. The molecule has 9 unspecified atom stereocenters. The van der Waals surface area contributed by atoms with Gasteiger partial charge in [-0.1, -0.05) is 41.5 Å². The minimum atomic E-state index is -0.510. The van der Waals surface area contributed by atoms with E-state index in [0.29, 0.717) is 72.0 Å². The van der Waals surface area contributed by atoms with Crippen LogP contribution in [0.1, 0.15) is 291 Å². The number of ether oxygens (including phenoxy) is 7. The SMILES string of the molecule is CCC(C)(C)C(=O)OC1(C)C2CC3CC(C2)CC1C3.CCC(C)(C)C(=O)OC1(CC)C2CC3CC(C2)CC1C3.CCC(C)(C)C(=O)OC1C2CC3C(=O)OC1C3O2.CCC(C)(C)C(=O)OC1C2CC3CC1CC(O)(C3)C2.CCC(C)(C)C(=O)OC1C2CC3CC1CC(O)(C3)C2. The van der Waals surface area contributed by atoms with Crippen molar-refractivity contribution in [2.75, 3.05) is 0 Å². The first kappa shape index (κ1) is 72.9. The third kappa shape index (κ3) is 14.1. The number of fused-ring (bicyclic) bond motifs is 1. The average molecular weight is 1330 g/mol. The van der Waals surface area contributed by atoms with Gasteiger partial charge < -0.3 is 43.4 Å². The van der Waals surface area contributed by atoms with Crippen molar-refractivity contribution >= 4 is 35.8 Å². The van der Waals surface area contributed by atoms with Crippen LogP contribution in [0.2, 0.25) is 0 Å². The highest BCUT2D eigenvalue weighted by Crippen LogP contribution is 2.63. The molecule has 0 radical (unpaired) electrons. The van der Waals surface area contributed by atoms with Crippen molar-refractivity contribution in [3.05, 3.63) is 0 Å². The standard InChI is InChI=1S/C18H30O2.C17H28O2.2C16H26O3.C13H18O5/c1-5-17(3,4)16(19)20-18(6-2)14-8-12-7-13(10-14)11-15(18)9-12;1-5-16(2,3)15(18)19-17(4)13-7-11-6-12(9-13)10-14(17)8-11;2*1-4-15(2,3)14(17)19-13-11-5-10-6-12(13)9-16(18,7-10)8-11;1-4-13(2,3)12(15)18-9-7-5-6-8(16-7)10(9)17-11(6)14/h12-15H,5-11H2,1-4H3;11-14H,5-10H2,1-4H3;2*10-13,18H,4-9H2,1-3H3;6-10H,4-5H2,1-3H3. The van der Waals surface area contributed by atoms with Crippen molar-refractivity contribution in [2.45, 2.75) is 350 Å². The van der Waals surface area contributed by atoms with Crippen molar-refractivity contribution in [3.8, 4) is 0 Å². The van der Waals surface area contributed by atoms with Gasteiger partial charge in [-0.05, 0) is 332 Å². The number of rotatable bonds is 16. The normalized spacial score (nSPS) is 43.4. The molecule has 3 heterocycles. The number of hydrogen-bond acceptors (Lipinski definition) is 15. The Hall–Kier alpha value is -3.30. The molecule has 15 nitrogen and oxygen atoms in total. The lowest BCUT2D eigenvalue weighted by Crippen LogP contribution is -2.60. The van der Waals surface area contributed by atoms with Crippen LogP contribution in [0.15, 0.2) is 0 Å². The van der Waals surface area contributed by atoms with Gasteiger partial charge in [-0.3, -0.25) is 28.8 Å². The number of carbonyl (C=O) groups is 6. The first-order valence-corrected chi connectivity index (χ1v) is 38.8. The quantitative estimate of drug-likeness (QED) is 0.109. The molecule has 16 saturated carbocycles. The van der Waals surface area contributed by atoms with Gasteiger partial charge in [-0.25, -0.2) is 0 Å². The third-order valence-electron chi connectivity index (χ3n) is 29.4. The predicted octanol–water partition coefficient (Wildman–Crippen LogP) is 15.6. The molecule has 0 aromatic heterocycles. The smallest absolute Gasteiger partial charge is 0.312 e. The van der Waals surface area contributed by atoms with E-state index in [-0.39, 0.29) is 99.0 Å². The van der Waals surface area contributed by atoms with E-state index in [9.17, 15) is 39.0 Å². The highest BCUT2D eigenvalue weighted by Gasteiger charge is 2.66. The summed E-state index contributed by atoms with van der Waals surface area (Å²) in [5.41, 5.74) is -3.14. The summed E-state index contributed by atoms with van der Waals surface area (Å²) < 4.78 is 40.6. The van der Waals surface area contributed by atoms with E-state index < -0.39 is 28.8 Å². The number of carbonyl (C=O) groups excluding carboxylic acids is 6. The summed E-state index contributed by atoms with van der Waals surface area (Å²) in [6.07, 6.45) is 27.7. The molecule has 2 N–H and O–H groups in total. The van der Waals surface area contributed by atoms with E-state index in [2.05, 4.69) is 27.7 Å². The van der Waals surface area contributed by atoms with E-state index in [1.165, 1.54) is 64.2 Å². The van der Waals surface area contributed by atoms with Crippen LogP contribution >= 0.6 is 0 Å². The van der Waals surface area contributed by atoms with E-state index >= 15 is 0 Å². The van der Waals surface area contributed by atoms with Crippen LogP contribution in [-0.2, 0) is 61.9 Å². The maximum atomic E-state index is 12.6. The first-order valence-electron chi connectivity index (χ1n) is 38.8. The van der Waals surface area contributed by atoms with E-state index in [4.69, 9.17) is 33.2 Å². The van der Waals surface area contributed by atoms with Crippen molar-refractivity contribution < 1.29 is 72.1 Å². The van der Waals surface area contributed by atoms with Gasteiger partial charge in [-0.15, -0.1) is 0 Å². The summed E-state index contributed by atoms with van der Waals surface area (Å²) in [5, 5.41) is 21.0. The predicted molar refractivity (Wildman–Crippen MR) is 361 cm³/mol. The lowest BCUT2D eigenvalue weighted by atomic mass is 9.49. The molecule has 19 fully saturated rings. The molecule has 0 aromatic rings. The van der Waals surface area contributed by atoms with Crippen LogP contribution in [0, 0.1) is 116 Å². The van der Waals surface area contributed by atoms with Gasteiger partial charge in [0, 0.05) is 0 Å². The molecule has 18 bridgehead atoms. The van der Waals surface area contributed by atoms with Gasteiger partial charge in [0.1, 0.15) is 29.5 Å². The molecule has 19 aliphatic rings. The van der Waals surface area contributed by atoms with E-state index in [1.807, 2.05) is 90.0 Å². The average Bonchev–Trinajstić information content (AvgIpc) is 1.71. The molecule has 19 rings (SSSR count). The molecule has 3 aliphatic heterocycles. The van der Waals surface area contributed by atoms with E-state index in [1.54, 1.807) is 0 Å². The minimum Gasteiger partial charge on any atom is -0.461 e. The summed E-state index contributed by atoms with van der Waals surface area (Å²) in [7, 11) is 0. The van der Waals surface area contributed by atoms with Gasteiger partial charge in [0.15, 0.2) is 12.2 Å². The van der Waals surface area contributed by atoms with Crippen LogP contribution in [-0.4, -0.2) is 105 Å². The van der Waals surface area contributed by atoms with Gasteiger partial charge in [0.05, 0.1) is 50.3 Å². The fraction of sp³-hybridized carbons (Fsp3) is 0.925. The first-order chi connectivity index (χ1) is 44.4. The maximum absolute atomic E-state index is 12.6. The molecule has 95 heavy (non-hydrogen) atoms. The monoisotopic (exact) mass is 1330 g/mol. The fourth-order valence-electron chi connectivity index (χ4n) is 21.9. The molecule has 538 valence electrons. The Morgan fingerprint density at radius 2 is 0.737 bits per heavy atom. The van der Waals surface area contributed by atoms with Crippen molar-refractivity contribution in [1.29, 1.82) is 0 Å². The van der Waals surface area contributed by atoms with Crippen LogP contribution in [0.4, 0.5) is 0 Å². The highest BCUT2D eigenvalue weighted by molar-refractivity contribution is 5.80. The number of hydrogen-bond donors (Lipinski definition) is 2. The van der Waals surface area contributed by atoms with Crippen molar-refractivity contribution in [1.82, 2.24) is 0 Å². The fourth-order valence-corrected chi connectivity index (χ4v) is 21.9. The van der Waals surface area contributed by atoms with Gasteiger partial charge in [0.25, 0.3) is 0 Å². The third-order valence-corrected chi connectivity index (χ3v) is 29.4. The summed E-state index contributed by atoms with van der Waals surface area (Å²) in [4.78, 5) is 73.3. The Kier molecular flexibility index (Phi) is 20.4. The summed E-state index contributed by atoms with van der Waals surface area (Å²) in [6, 6.07) is 0. The van der Waals surface area contributed by atoms with Gasteiger partial charge in [0.2, 0.25) is 0 Å². The van der Waals surface area contributed by atoms with Crippen molar-refractivity contribution in [3.63, 3.8) is 0 Å². The minimum absolute atomic E-state index is 0.0185. The Balaban J connectivity index is 0.000000121. The molecule has 15 heteroatoms. The van der Waals surface area contributed by atoms with Crippen LogP contribution in [0.5, 0.6) is 0 Å². The van der Waals surface area contributed by atoms with Gasteiger partial charge in [-0.2, -0.15) is 0 Å².